The van der Waals surface area contributed by atoms with Crippen LogP contribution in [0.15, 0.2) is 12.1 Å². The Bertz CT molecular complexity index is 371. The molecule has 2 rings (SSSR count). The van der Waals surface area contributed by atoms with Crippen molar-refractivity contribution in [1.29, 1.82) is 0 Å². The van der Waals surface area contributed by atoms with Crippen LogP contribution >= 0.6 is 0 Å². The van der Waals surface area contributed by atoms with Crippen molar-refractivity contribution in [1.82, 2.24) is 5.32 Å². The second-order valence-electron chi connectivity index (χ2n) is 3.16. The third-order valence-electron chi connectivity index (χ3n) is 2.29. The predicted octanol–water partition coefficient (Wildman–Crippen LogP) is 1.25. The number of nitrogens with one attached hydrogen (secondary N) is 1. The summed E-state index contributed by atoms with van der Waals surface area (Å²) in [4.78, 5) is 11.3. The van der Waals surface area contributed by atoms with E-state index in [1.54, 1.807) is 7.11 Å². The van der Waals surface area contributed by atoms with Gasteiger partial charge in [-0.3, -0.25) is 4.79 Å². The van der Waals surface area contributed by atoms with Crippen molar-refractivity contribution in [3.05, 3.63) is 28.8 Å². The van der Waals surface area contributed by atoms with Crippen LogP contribution in [0.3, 0.4) is 0 Å². The molecule has 0 saturated heterocycles. The third kappa shape index (κ3) is 1.16. The van der Waals surface area contributed by atoms with Gasteiger partial charge in [-0.1, -0.05) is 0 Å². The summed E-state index contributed by atoms with van der Waals surface area (Å²) in [6.07, 6.45) is 0. The minimum atomic E-state index is 0.0233. The van der Waals surface area contributed by atoms with Gasteiger partial charge in [0.25, 0.3) is 5.91 Å². The molecule has 3 nitrogen and oxygen atoms in total. The van der Waals surface area contributed by atoms with E-state index in [-0.39, 0.29) is 5.91 Å². The standard InChI is InChI=1S/C10H11NO2/c1-6-3-8(13-2)4-7-5-11-10(12)9(6)7/h3-4H,5H2,1-2H3,(H,11,12). The molecule has 0 aliphatic carbocycles. The summed E-state index contributed by atoms with van der Waals surface area (Å²) in [5.74, 6) is 0.836. The second kappa shape index (κ2) is 2.76. The lowest BCUT2D eigenvalue weighted by Crippen LogP contribution is -2.13. The SMILES string of the molecule is COc1cc(C)c2c(c1)CNC2=O. The molecule has 0 aromatic heterocycles. The van der Waals surface area contributed by atoms with Gasteiger partial charge in [-0.2, -0.15) is 0 Å². The van der Waals surface area contributed by atoms with Crippen LogP contribution in [0, 0.1) is 6.92 Å². The minimum Gasteiger partial charge on any atom is -0.497 e. The molecule has 1 aromatic carbocycles. The lowest BCUT2D eigenvalue weighted by Gasteiger charge is -2.04. The number of methoxy groups -OCH3 is 1. The van der Waals surface area contributed by atoms with Crippen LogP contribution in [0.25, 0.3) is 0 Å². The van der Waals surface area contributed by atoms with Crippen molar-refractivity contribution in [2.75, 3.05) is 7.11 Å². The highest BCUT2D eigenvalue weighted by molar-refractivity contribution is 5.99. The van der Waals surface area contributed by atoms with Crippen molar-refractivity contribution in [2.45, 2.75) is 13.5 Å². The molecule has 3 heteroatoms. The van der Waals surface area contributed by atoms with Gasteiger partial charge < -0.3 is 10.1 Å². The molecule has 1 aromatic rings. The van der Waals surface area contributed by atoms with Crippen LogP contribution in [-0.4, -0.2) is 13.0 Å². The molecule has 13 heavy (non-hydrogen) atoms. The molecule has 1 heterocycles. The Morgan fingerprint density at radius 3 is 2.92 bits per heavy atom. The smallest absolute Gasteiger partial charge is 0.252 e. The number of hydrogen-bond acceptors (Lipinski definition) is 2. The molecule has 1 aliphatic rings. The first-order valence-corrected chi connectivity index (χ1v) is 4.18. The number of hydrogen-bond donors (Lipinski definition) is 1. The molecular formula is C10H11NO2. The van der Waals surface area contributed by atoms with Gasteiger partial charge in [0.1, 0.15) is 5.75 Å². The summed E-state index contributed by atoms with van der Waals surface area (Å²) >= 11 is 0. The van der Waals surface area contributed by atoms with Crippen LogP contribution in [0.2, 0.25) is 0 Å². The number of aryl methyl sites for hydroxylation is 1. The molecule has 68 valence electrons. The Labute approximate surface area is 76.7 Å². The van der Waals surface area contributed by atoms with Crippen LogP contribution in [0.1, 0.15) is 21.5 Å². The first-order chi connectivity index (χ1) is 6.22. The zero-order valence-electron chi connectivity index (χ0n) is 7.68. The Morgan fingerprint density at radius 2 is 2.23 bits per heavy atom. The van der Waals surface area contributed by atoms with Gasteiger partial charge in [-0.25, -0.2) is 0 Å². The van der Waals surface area contributed by atoms with E-state index in [1.807, 2.05) is 19.1 Å². The number of carbonyl (C=O) groups excluding carboxylic acids is 1. The average Bonchev–Trinajstić information content (AvgIpc) is 2.48. The van der Waals surface area contributed by atoms with Gasteiger partial charge in [0.15, 0.2) is 0 Å². The van der Waals surface area contributed by atoms with Crippen LogP contribution < -0.4 is 10.1 Å². The molecule has 0 radical (unpaired) electrons. The van der Waals surface area contributed by atoms with Gasteiger partial charge in [0.2, 0.25) is 0 Å². The van der Waals surface area contributed by atoms with Crippen molar-refractivity contribution in [3.8, 4) is 5.75 Å². The fourth-order valence-electron chi connectivity index (χ4n) is 1.67. The molecule has 0 unspecified atom stereocenters. The van der Waals surface area contributed by atoms with Gasteiger partial charge >= 0.3 is 0 Å². The largest absolute Gasteiger partial charge is 0.497 e. The van der Waals surface area contributed by atoms with Crippen LogP contribution in [0.4, 0.5) is 0 Å². The molecule has 0 fully saturated rings. The van der Waals surface area contributed by atoms with Gasteiger partial charge in [-0.05, 0) is 30.2 Å². The Hall–Kier alpha value is -1.51. The Balaban J connectivity index is 2.59. The van der Waals surface area contributed by atoms with Gasteiger partial charge in [0, 0.05) is 12.1 Å². The third-order valence-corrected chi connectivity index (χ3v) is 2.29. The van der Waals surface area contributed by atoms with E-state index in [0.717, 1.165) is 22.4 Å². The maximum Gasteiger partial charge on any atom is 0.252 e. The summed E-state index contributed by atoms with van der Waals surface area (Å²) in [5, 5.41) is 2.78. The van der Waals surface area contributed by atoms with Crippen molar-refractivity contribution < 1.29 is 9.53 Å². The van der Waals surface area contributed by atoms with E-state index < -0.39 is 0 Å². The predicted molar refractivity (Wildman–Crippen MR) is 48.9 cm³/mol. The fraction of sp³-hybridized carbons (Fsp3) is 0.300. The maximum atomic E-state index is 11.3. The van der Waals surface area contributed by atoms with Crippen LogP contribution in [0.5, 0.6) is 5.75 Å². The number of amides is 1. The summed E-state index contributed by atoms with van der Waals surface area (Å²) in [6, 6.07) is 3.78. The van der Waals surface area contributed by atoms with Crippen molar-refractivity contribution in [2.24, 2.45) is 0 Å². The van der Waals surface area contributed by atoms with Crippen molar-refractivity contribution >= 4 is 5.91 Å². The summed E-state index contributed by atoms with van der Waals surface area (Å²) in [7, 11) is 1.63. The van der Waals surface area contributed by atoms with E-state index >= 15 is 0 Å². The lowest BCUT2D eigenvalue weighted by atomic mass is 10.0. The van der Waals surface area contributed by atoms with E-state index in [9.17, 15) is 4.79 Å². The number of ether oxygens (including phenoxy) is 1. The quantitative estimate of drug-likeness (QED) is 0.701. The van der Waals surface area contributed by atoms with Gasteiger partial charge in [0.05, 0.1) is 7.11 Å². The lowest BCUT2D eigenvalue weighted by molar-refractivity contribution is 0.0965. The molecule has 0 saturated carbocycles. The van der Waals surface area contributed by atoms with Crippen molar-refractivity contribution in [3.63, 3.8) is 0 Å². The highest BCUT2D eigenvalue weighted by Gasteiger charge is 2.21. The number of rotatable bonds is 1. The molecular weight excluding hydrogens is 166 g/mol. The molecule has 1 amide bonds. The summed E-state index contributed by atoms with van der Waals surface area (Å²) in [5.41, 5.74) is 2.81. The first-order valence-electron chi connectivity index (χ1n) is 4.18. The molecule has 0 bridgehead atoms. The molecule has 0 atom stereocenters. The van der Waals surface area contributed by atoms with Crippen LogP contribution in [-0.2, 0) is 6.54 Å². The Kier molecular flexibility index (Phi) is 1.72. The zero-order valence-corrected chi connectivity index (χ0v) is 7.68. The summed E-state index contributed by atoms with van der Waals surface area (Å²) in [6.45, 7) is 2.54. The van der Waals surface area contributed by atoms with Gasteiger partial charge in [-0.15, -0.1) is 0 Å². The Morgan fingerprint density at radius 1 is 1.46 bits per heavy atom. The number of fused-ring (bicyclic) bond motifs is 1. The number of carbonyl (C=O) groups is 1. The van der Waals surface area contributed by atoms with E-state index in [2.05, 4.69) is 5.32 Å². The minimum absolute atomic E-state index is 0.0233. The first kappa shape index (κ1) is 8.10. The maximum absolute atomic E-state index is 11.3. The average molecular weight is 177 g/mol. The summed E-state index contributed by atoms with van der Waals surface area (Å²) < 4.78 is 5.12. The fourth-order valence-corrected chi connectivity index (χ4v) is 1.67. The monoisotopic (exact) mass is 177 g/mol. The molecule has 0 spiro atoms. The topological polar surface area (TPSA) is 38.3 Å². The normalized spacial score (nSPS) is 13.8. The van der Waals surface area contributed by atoms with E-state index in [1.165, 1.54) is 0 Å². The highest BCUT2D eigenvalue weighted by atomic mass is 16.5. The second-order valence-corrected chi connectivity index (χ2v) is 3.16. The molecule has 1 N–H and O–H groups in total. The van der Waals surface area contributed by atoms with E-state index in [0.29, 0.717) is 6.54 Å². The molecule has 1 aliphatic heterocycles. The zero-order chi connectivity index (χ0) is 9.42. The number of benzene rings is 1. The van der Waals surface area contributed by atoms with E-state index in [4.69, 9.17) is 4.74 Å². The highest BCUT2D eigenvalue weighted by Crippen LogP contribution is 2.25.